The van der Waals surface area contributed by atoms with Crippen molar-refractivity contribution in [2.75, 3.05) is 4.90 Å². The van der Waals surface area contributed by atoms with Gasteiger partial charge in [-0.1, -0.05) is 192 Å². The third-order valence-corrected chi connectivity index (χ3v) is 13.1. The van der Waals surface area contributed by atoms with Gasteiger partial charge >= 0.3 is 0 Å². The molecule has 1 heteroatoms. The molecule has 0 aliphatic heterocycles. The number of para-hydroxylation sites is 2. The first kappa shape index (κ1) is 39.0. The maximum Gasteiger partial charge on any atom is 0.0465 e. The van der Waals surface area contributed by atoms with Crippen molar-refractivity contribution in [3.05, 3.63) is 221 Å². The van der Waals surface area contributed by atoms with Crippen molar-refractivity contribution in [3.63, 3.8) is 0 Å². The molecule has 0 aromatic heterocycles. The standard InChI is InChI=1S/C59H55N/c1-6-59(7-2)55-40-43(30-38-53(55)54-39-37-50(41-56(54)59)60(48-20-13-9-14-21-48)49-22-15-10-16-23-49)27-26-42-28-31-46(32-29-42)57-51(44-18-11-8-12-19-44)24-17-25-52(57)45-33-35-47(36-34-45)58(3,4)5/h8-29,31-37,39-41H,6-7,30,38H2,1-5H3/b27-26+. The maximum atomic E-state index is 2.54. The fraction of sp³-hybridized carbons (Fsp3) is 0.186. The molecule has 7 aromatic carbocycles. The van der Waals surface area contributed by atoms with Gasteiger partial charge in [0, 0.05) is 22.5 Å². The van der Waals surface area contributed by atoms with Gasteiger partial charge in [-0.25, -0.2) is 0 Å². The van der Waals surface area contributed by atoms with Crippen LogP contribution in [0.3, 0.4) is 0 Å². The molecule has 7 aromatic rings. The summed E-state index contributed by atoms with van der Waals surface area (Å²) in [6.45, 7) is 11.6. The molecule has 0 radical (unpaired) electrons. The Bertz CT molecular complexity index is 2660. The van der Waals surface area contributed by atoms with Gasteiger partial charge in [0.2, 0.25) is 0 Å². The summed E-state index contributed by atoms with van der Waals surface area (Å²) < 4.78 is 0. The van der Waals surface area contributed by atoms with Gasteiger partial charge in [0.25, 0.3) is 0 Å². The van der Waals surface area contributed by atoms with Crippen LogP contribution < -0.4 is 4.90 Å². The number of allylic oxidation sites excluding steroid dienone is 5. The molecule has 0 heterocycles. The molecule has 0 N–H and O–H groups in total. The second kappa shape index (κ2) is 16.3. The monoisotopic (exact) mass is 777 g/mol. The lowest BCUT2D eigenvalue weighted by Gasteiger charge is -2.33. The molecular formula is C59H55N. The van der Waals surface area contributed by atoms with E-state index in [1.165, 1.54) is 89.4 Å². The maximum absolute atomic E-state index is 2.54. The molecule has 0 spiro atoms. The van der Waals surface area contributed by atoms with Crippen LogP contribution in [0.4, 0.5) is 17.1 Å². The van der Waals surface area contributed by atoms with E-state index in [1.54, 1.807) is 0 Å². The minimum absolute atomic E-state index is 0.0161. The highest BCUT2D eigenvalue weighted by atomic mass is 15.1. The normalized spacial score (nSPS) is 14.5. The molecule has 0 bridgehead atoms. The van der Waals surface area contributed by atoms with Gasteiger partial charge in [-0.15, -0.1) is 0 Å². The van der Waals surface area contributed by atoms with E-state index in [4.69, 9.17) is 0 Å². The van der Waals surface area contributed by atoms with E-state index in [1.807, 2.05) is 0 Å². The molecule has 0 amide bonds. The predicted octanol–water partition coefficient (Wildman–Crippen LogP) is 16.7. The molecule has 0 fully saturated rings. The molecule has 60 heavy (non-hydrogen) atoms. The van der Waals surface area contributed by atoms with Gasteiger partial charge in [-0.2, -0.15) is 0 Å². The number of anilines is 3. The zero-order chi connectivity index (χ0) is 41.3. The van der Waals surface area contributed by atoms with Crippen molar-refractivity contribution in [3.8, 4) is 33.4 Å². The summed E-state index contributed by atoms with van der Waals surface area (Å²) in [5.41, 5.74) is 21.1. The summed E-state index contributed by atoms with van der Waals surface area (Å²) in [5.74, 6) is 0. The molecule has 0 atom stereocenters. The molecule has 2 aliphatic rings. The first-order valence-corrected chi connectivity index (χ1v) is 21.8. The minimum atomic E-state index is -0.0161. The molecule has 2 aliphatic carbocycles. The smallest absolute Gasteiger partial charge is 0.0465 e. The summed E-state index contributed by atoms with van der Waals surface area (Å²) in [6.07, 6.45) is 11.5. The first-order valence-electron chi connectivity index (χ1n) is 21.8. The van der Waals surface area contributed by atoms with Crippen LogP contribution in [0.15, 0.2) is 199 Å². The third-order valence-electron chi connectivity index (χ3n) is 13.1. The lowest BCUT2D eigenvalue weighted by Crippen LogP contribution is -2.25. The van der Waals surface area contributed by atoms with E-state index in [0.29, 0.717) is 0 Å². The van der Waals surface area contributed by atoms with Crippen LogP contribution in [0, 0.1) is 0 Å². The Kier molecular flexibility index (Phi) is 10.6. The van der Waals surface area contributed by atoms with Crippen LogP contribution in [0.1, 0.15) is 82.6 Å². The van der Waals surface area contributed by atoms with Gasteiger partial charge in [0.05, 0.1) is 0 Å². The van der Waals surface area contributed by atoms with Crippen LogP contribution in [0.2, 0.25) is 0 Å². The van der Waals surface area contributed by atoms with Gasteiger partial charge in [0.15, 0.2) is 0 Å². The van der Waals surface area contributed by atoms with Crippen LogP contribution in [-0.2, 0) is 10.8 Å². The SMILES string of the molecule is CCC1(CC)C2=C(CCC(/C=C/c3ccc(-c4c(-c5ccccc5)cccc4-c4ccc(C(C)(C)C)cc4)cc3)=C2)c2ccc(N(c3ccccc3)c3ccccc3)cc21. The fourth-order valence-electron chi connectivity index (χ4n) is 9.75. The largest absolute Gasteiger partial charge is 0.310 e. The van der Waals surface area contributed by atoms with Crippen molar-refractivity contribution in [1.29, 1.82) is 0 Å². The van der Waals surface area contributed by atoms with Gasteiger partial charge in [-0.3, -0.25) is 0 Å². The zero-order valence-corrected chi connectivity index (χ0v) is 35.8. The van der Waals surface area contributed by atoms with Crippen LogP contribution in [0.25, 0.3) is 45.0 Å². The van der Waals surface area contributed by atoms with Crippen molar-refractivity contribution < 1.29 is 0 Å². The second-order valence-electron chi connectivity index (χ2n) is 17.5. The van der Waals surface area contributed by atoms with E-state index in [-0.39, 0.29) is 10.8 Å². The van der Waals surface area contributed by atoms with Crippen molar-refractivity contribution >= 4 is 28.7 Å². The third kappa shape index (κ3) is 7.28. The van der Waals surface area contributed by atoms with Crippen molar-refractivity contribution in [1.82, 2.24) is 0 Å². The highest BCUT2D eigenvalue weighted by Gasteiger charge is 2.42. The Morgan fingerprint density at radius 1 is 0.517 bits per heavy atom. The molecule has 0 unspecified atom stereocenters. The highest BCUT2D eigenvalue weighted by Crippen LogP contribution is 2.56. The lowest BCUT2D eigenvalue weighted by molar-refractivity contribution is 0.485. The first-order chi connectivity index (χ1) is 29.3. The zero-order valence-electron chi connectivity index (χ0n) is 35.8. The number of nitrogens with zero attached hydrogens (tertiary/aromatic N) is 1. The Morgan fingerprint density at radius 2 is 1.08 bits per heavy atom. The summed E-state index contributed by atoms with van der Waals surface area (Å²) >= 11 is 0. The molecule has 296 valence electrons. The number of hydrogen-bond donors (Lipinski definition) is 0. The van der Waals surface area contributed by atoms with Gasteiger partial charge in [-0.05, 0) is 140 Å². The average Bonchev–Trinajstić information content (AvgIpc) is 3.57. The summed E-state index contributed by atoms with van der Waals surface area (Å²) in [5, 5.41) is 0. The number of fused-ring (bicyclic) bond motifs is 2. The summed E-state index contributed by atoms with van der Waals surface area (Å²) in [6, 6.07) is 64.7. The Hall–Kier alpha value is -6.44. The lowest BCUT2D eigenvalue weighted by atomic mass is 9.71. The topological polar surface area (TPSA) is 3.24 Å². The molecule has 0 saturated heterocycles. The van der Waals surface area contributed by atoms with Crippen LogP contribution in [-0.4, -0.2) is 0 Å². The van der Waals surface area contributed by atoms with Gasteiger partial charge in [0.1, 0.15) is 0 Å². The van der Waals surface area contributed by atoms with E-state index in [9.17, 15) is 0 Å². The van der Waals surface area contributed by atoms with E-state index < -0.39 is 0 Å². The quantitative estimate of drug-likeness (QED) is 0.134. The second-order valence-corrected chi connectivity index (χ2v) is 17.5. The fourth-order valence-corrected chi connectivity index (χ4v) is 9.75. The number of hydrogen-bond acceptors (Lipinski definition) is 1. The molecule has 9 rings (SSSR count). The summed E-state index contributed by atoms with van der Waals surface area (Å²) in [4.78, 5) is 2.40. The molecule has 0 saturated carbocycles. The Morgan fingerprint density at radius 3 is 1.67 bits per heavy atom. The van der Waals surface area contributed by atoms with E-state index >= 15 is 0 Å². The van der Waals surface area contributed by atoms with Crippen LogP contribution in [0.5, 0.6) is 0 Å². The molecular weight excluding hydrogens is 723 g/mol. The summed E-state index contributed by atoms with van der Waals surface area (Å²) in [7, 11) is 0. The highest BCUT2D eigenvalue weighted by molar-refractivity contribution is 5.95. The number of benzene rings is 7. The van der Waals surface area contributed by atoms with E-state index in [2.05, 4.69) is 234 Å². The Balaban J connectivity index is 1.03. The van der Waals surface area contributed by atoms with Gasteiger partial charge < -0.3 is 4.90 Å². The predicted molar refractivity (Wildman–Crippen MR) is 258 cm³/mol. The van der Waals surface area contributed by atoms with Crippen molar-refractivity contribution in [2.24, 2.45) is 0 Å². The van der Waals surface area contributed by atoms with Crippen molar-refractivity contribution in [2.45, 2.75) is 71.1 Å². The van der Waals surface area contributed by atoms with E-state index in [0.717, 1.165) is 25.7 Å². The number of rotatable bonds is 10. The van der Waals surface area contributed by atoms with Crippen LogP contribution >= 0.6 is 0 Å². The molecule has 1 nitrogen and oxygen atoms in total. The Labute approximate surface area is 358 Å². The average molecular weight is 778 g/mol. The minimum Gasteiger partial charge on any atom is -0.310 e.